The zero-order valence-electron chi connectivity index (χ0n) is 10.1. The minimum Gasteiger partial charge on any atom is -0.309 e. The fraction of sp³-hybridized carbons (Fsp3) is 0.818. The van der Waals surface area contributed by atoms with Crippen LogP contribution >= 0.6 is 6.72 Å². The molecule has 16 heavy (non-hydrogen) atoms. The predicted molar refractivity (Wildman–Crippen MR) is 70.8 cm³/mol. The molecular weight excluding hydrogens is 243 g/mol. The molecule has 3 nitrogen and oxygen atoms in total. The highest BCUT2D eigenvalue weighted by atomic mass is 32.5. The standard InChI is InChI=1S/C11H21O3PS/c1-4-7-10-13-15(16,12-9-6-3)14-11-8-5-2/h3H,4-5,7-11H2,1-2H3. The SMILES string of the molecule is C#CCOP(=S)(OCCCC)OCCCC. The summed E-state index contributed by atoms with van der Waals surface area (Å²) in [4.78, 5) is 0. The van der Waals surface area contributed by atoms with Crippen molar-refractivity contribution in [3.05, 3.63) is 0 Å². The minimum absolute atomic E-state index is 0.148. The van der Waals surface area contributed by atoms with E-state index in [-0.39, 0.29) is 6.61 Å². The lowest BCUT2D eigenvalue weighted by atomic mass is 10.4. The van der Waals surface area contributed by atoms with Gasteiger partial charge < -0.3 is 9.05 Å². The largest absolute Gasteiger partial charge is 0.328 e. The summed E-state index contributed by atoms with van der Waals surface area (Å²) in [5.41, 5.74) is 0. The Labute approximate surface area is 104 Å². The van der Waals surface area contributed by atoms with Crippen molar-refractivity contribution in [1.29, 1.82) is 0 Å². The zero-order valence-corrected chi connectivity index (χ0v) is 11.8. The summed E-state index contributed by atoms with van der Waals surface area (Å²) >= 11 is 5.24. The van der Waals surface area contributed by atoms with E-state index < -0.39 is 6.72 Å². The first kappa shape index (κ1) is 16.1. The molecule has 0 radical (unpaired) electrons. The van der Waals surface area contributed by atoms with E-state index in [1.165, 1.54) is 0 Å². The number of rotatable bonds is 10. The van der Waals surface area contributed by atoms with Crippen LogP contribution < -0.4 is 0 Å². The minimum atomic E-state index is -2.60. The van der Waals surface area contributed by atoms with Gasteiger partial charge >= 0.3 is 6.72 Å². The Morgan fingerprint density at radius 3 is 1.94 bits per heavy atom. The maximum Gasteiger partial charge on any atom is 0.328 e. The van der Waals surface area contributed by atoms with E-state index in [4.69, 9.17) is 31.8 Å². The van der Waals surface area contributed by atoms with Crippen LogP contribution in [0.5, 0.6) is 0 Å². The Bertz CT molecular complexity index is 236. The van der Waals surface area contributed by atoms with Gasteiger partial charge in [-0.05, 0) is 24.6 Å². The van der Waals surface area contributed by atoms with Gasteiger partial charge in [0.25, 0.3) is 0 Å². The van der Waals surface area contributed by atoms with Crippen molar-refractivity contribution in [2.24, 2.45) is 0 Å². The van der Waals surface area contributed by atoms with Gasteiger partial charge in [0, 0.05) is 0 Å². The molecule has 0 aromatic carbocycles. The third-order valence-corrected chi connectivity index (χ3v) is 4.19. The van der Waals surface area contributed by atoms with Crippen molar-refractivity contribution in [3.8, 4) is 12.3 Å². The number of unbranched alkanes of at least 4 members (excludes halogenated alkanes) is 2. The molecule has 0 aliphatic carbocycles. The summed E-state index contributed by atoms with van der Waals surface area (Å²) < 4.78 is 16.3. The second kappa shape index (κ2) is 10.3. The lowest BCUT2D eigenvalue weighted by molar-refractivity contribution is 0.165. The smallest absolute Gasteiger partial charge is 0.309 e. The molecule has 0 spiro atoms. The average molecular weight is 264 g/mol. The van der Waals surface area contributed by atoms with Crippen LogP contribution in [0.4, 0.5) is 0 Å². The molecule has 0 aromatic heterocycles. The van der Waals surface area contributed by atoms with E-state index >= 15 is 0 Å². The summed E-state index contributed by atoms with van der Waals surface area (Å²) in [7, 11) is 0. The first-order valence-electron chi connectivity index (χ1n) is 5.65. The summed E-state index contributed by atoms with van der Waals surface area (Å²) in [6.45, 7) is 2.87. The zero-order chi connectivity index (χ0) is 12.3. The van der Waals surface area contributed by atoms with Crippen LogP contribution in [0.1, 0.15) is 39.5 Å². The lowest BCUT2D eigenvalue weighted by Crippen LogP contribution is -2.02. The Hall–Kier alpha value is 0.0900. The Morgan fingerprint density at radius 1 is 1.06 bits per heavy atom. The van der Waals surface area contributed by atoms with Crippen LogP contribution in [0.2, 0.25) is 0 Å². The van der Waals surface area contributed by atoms with Crippen LogP contribution in [0.3, 0.4) is 0 Å². The number of hydrogen-bond acceptors (Lipinski definition) is 4. The van der Waals surface area contributed by atoms with Gasteiger partial charge in [-0.1, -0.05) is 32.6 Å². The highest BCUT2D eigenvalue weighted by Gasteiger charge is 2.19. The van der Waals surface area contributed by atoms with Crippen molar-refractivity contribution in [1.82, 2.24) is 0 Å². The second-order valence-corrected chi connectivity index (χ2v) is 6.31. The maximum atomic E-state index is 5.50. The van der Waals surface area contributed by atoms with E-state index in [9.17, 15) is 0 Å². The molecule has 0 saturated heterocycles. The summed E-state index contributed by atoms with van der Waals surface area (Å²) in [6, 6.07) is 0. The first-order valence-corrected chi connectivity index (χ1v) is 8.21. The number of terminal acetylenes is 1. The average Bonchev–Trinajstić information content (AvgIpc) is 2.27. The van der Waals surface area contributed by atoms with Crippen LogP contribution in [0.15, 0.2) is 0 Å². The second-order valence-electron chi connectivity index (χ2n) is 3.30. The normalized spacial score (nSPS) is 11.3. The van der Waals surface area contributed by atoms with E-state index in [0.29, 0.717) is 13.2 Å². The fourth-order valence-corrected chi connectivity index (χ4v) is 2.64. The van der Waals surface area contributed by atoms with E-state index in [0.717, 1.165) is 25.7 Å². The van der Waals surface area contributed by atoms with E-state index in [1.54, 1.807) is 0 Å². The van der Waals surface area contributed by atoms with Gasteiger partial charge in [-0.15, -0.1) is 6.42 Å². The van der Waals surface area contributed by atoms with E-state index in [1.807, 2.05) is 0 Å². The molecule has 0 aliphatic rings. The molecule has 94 valence electrons. The lowest BCUT2D eigenvalue weighted by Gasteiger charge is -2.20. The van der Waals surface area contributed by atoms with Crippen molar-refractivity contribution >= 4 is 18.5 Å². The molecular formula is C11H21O3PS. The van der Waals surface area contributed by atoms with Gasteiger partial charge in [-0.3, -0.25) is 4.52 Å². The molecule has 0 amide bonds. The Balaban J connectivity index is 4.03. The van der Waals surface area contributed by atoms with Crippen molar-refractivity contribution in [2.45, 2.75) is 39.5 Å². The highest BCUT2D eigenvalue weighted by molar-refractivity contribution is 8.07. The first-order chi connectivity index (χ1) is 7.68. The Kier molecular flexibility index (Phi) is 10.3. The van der Waals surface area contributed by atoms with Crippen LogP contribution in [0.25, 0.3) is 0 Å². The van der Waals surface area contributed by atoms with Gasteiger partial charge in [-0.2, -0.15) is 0 Å². The molecule has 0 heterocycles. The van der Waals surface area contributed by atoms with Gasteiger partial charge in [0.15, 0.2) is 0 Å². The predicted octanol–water partition coefficient (Wildman–Crippen LogP) is 3.49. The molecule has 0 saturated carbocycles. The third kappa shape index (κ3) is 8.27. The van der Waals surface area contributed by atoms with Crippen LogP contribution in [0, 0.1) is 12.3 Å². The Morgan fingerprint density at radius 2 is 1.56 bits per heavy atom. The van der Waals surface area contributed by atoms with Crippen molar-refractivity contribution < 1.29 is 13.6 Å². The van der Waals surface area contributed by atoms with E-state index in [2.05, 4.69) is 19.8 Å². The molecule has 0 aromatic rings. The van der Waals surface area contributed by atoms with Crippen molar-refractivity contribution in [3.63, 3.8) is 0 Å². The molecule has 5 heteroatoms. The molecule has 0 rings (SSSR count). The van der Waals surface area contributed by atoms with Crippen molar-refractivity contribution in [2.75, 3.05) is 19.8 Å². The van der Waals surface area contributed by atoms with Gasteiger partial charge in [0.05, 0.1) is 13.2 Å². The summed E-state index contributed by atoms with van der Waals surface area (Å²) in [5, 5.41) is 0. The van der Waals surface area contributed by atoms with Gasteiger partial charge in [0.1, 0.15) is 6.61 Å². The monoisotopic (exact) mass is 264 g/mol. The fourth-order valence-electron chi connectivity index (χ4n) is 0.870. The molecule has 0 atom stereocenters. The highest BCUT2D eigenvalue weighted by Crippen LogP contribution is 2.49. The quantitative estimate of drug-likeness (QED) is 0.343. The van der Waals surface area contributed by atoms with Crippen LogP contribution in [-0.4, -0.2) is 19.8 Å². The third-order valence-electron chi connectivity index (χ3n) is 1.80. The van der Waals surface area contributed by atoms with Gasteiger partial charge in [-0.25, -0.2) is 0 Å². The molecule has 0 aliphatic heterocycles. The van der Waals surface area contributed by atoms with Crippen LogP contribution in [-0.2, 0) is 25.4 Å². The van der Waals surface area contributed by atoms with Gasteiger partial charge in [0.2, 0.25) is 0 Å². The summed E-state index contributed by atoms with van der Waals surface area (Å²) in [6.07, 6.45) is 9.15. The molecule has 0 N–H and O–H groups in total. The summed E-state index contributed by atoms with van der Waals surface area (Å²) in [5.74, 6) is 2.38. The maximum absolute atomic E-state index is 5.50. The molecule has 0 fully saturated rings. The molecule has 0 unspecified atom stereocenters. The number of hydrogen-bond donors (Lipinski definition) is 0. The topological polar surface area (TPSA) is 27.7 Å². The molecule has 0 bridgehead atoms.